The Morgan fingerprint density at radius 2 is 0.696 bits per heavy atom. The van der Waals surface area contributed by atoms with Gasteiger partial charge in [0.1, 0.15) is 6.61 Å². The number of phosphoric ester groups is 1. The average Bonchev–Trinajstić information content (AvgIpc) is 3.44. The summed E-state index contributed by atoms with van der Waals surface area (Å²) in [4.78, 5) is 35.3. The Balaban J connectivity index is 3.85. The van der Waals surface area contributed by atoms with Gasteiger partial charge in [0, 0.05) is 19.4 Å². The number of allylic oxidation sites excluding steroid dienone is 10. The van der Waals surface area contributed by atoms with E-state index in [0.717, 1.165) is 57.8 Å². The summed E-state index contributed by atoms with van der Waals surface area (Å²) in [6.07, 6.45) is 83.1. The molecule has 0 aliphatic rings. The summed E-state index contributed by atoms with van der Waals surface area (Å²) in [6, 6.07) is 0. The van der Waals surface area contributed by atoms with Gasteiger partial charge in [-0.05, 0) is 77.0 Å². The van der Waals surface area contributed by atoms with E-state index in [1.54, 1.807) is 0 Å². The fraction of sp³-hybridized carbons (Fsp3) is 0.826. The van der Waals surface area contributed by atoms with Crippen molar-refractivity contribution in [2.75, 3.05) is 26.4 Å². The minimum atomic E-state index is -4.39. The molecule has 2 atom stereocenters. The van der Waals surface area contributed by atoms with E-state index < -0.39 is 26.5 Å². The number of rotatable bonds is 64. The normalized spacial score (nSPS) is 13.3. The van der Waals surface area contributed by atoms with Gasteiger partial charge in [-0.1, -0.05) is 306 Å². The number of hydrogen-bond donors (Lipinski definition) is 2. The zero-order valence-electron chi connectivity index (χ0n) is 51.9. The molecule has 0 bridgehead atoms. The van der Waals surface area contributed by atoms with E-state index in [1.807, 2.05) is 0 Å². The molecule has 0 aromatic heterocycles. The Hall–Kier alpha value is -2.29. The number of carbonyl (C=O) groups is 2. The summed E-state index contributed by atoms with van der Waals surface area (Å²) in [5.41, 5.74) is 5.40. The second-order valence-electron chi connectivity index (χ2n) is 22.7. The van der Waals surface area contributed by atoms with Gasteiger partial charge >= 0.3 is 19.8 Å². The van der Waals surface area contributed by atoms with Gasteiger partial charge < -0.3 is 20.1 Å². The first-order valence-corrected chi connectivity index (χ1v) is 35.3. The van der Waals surface area contributed by atoms with Gasteiger partial charge in [0.25, 0.3) is 0 Å². The van der Waals surface area contributed by atoms with Gasteiger partial charge in [-0.15, -0.1) is 0 Å². The molecule has 0 aromatic rings. The monoisotopic (exact) mass is 1130 g/mol. The van der Waals surface area contributed by atoms with Crippen molar-refractivity contribution in [3.05, 3.63) is 60.8 Å². The number of ether oxygens (including phenoxy) is 2. The molecular formula is C69H128NO8P. The number of esters is 2. The van der Waals surface area contributed by atoms with Crippen LogP contribution in [0, 0.1) is 0 Å². The maximum atomic E-state index is 12.8. The van der Waals surface area contributed by atoms with E-state index in [9.17, 15) is 19.0 Å². The van der Waals surface area contributed by atoms with Gasteiger partial charge in [0.05, 0.1) is 13.2 Å². The van der Waals surface area contributed by atoms with Crippen LogP contribution in [0.2, 0.25) is 0 Å². The molecule has 2 unspecified atom stereocenters. The first-order valence-electron chi connectivity index (χ1n) is 33.8. The van der Waals surface area contributed by atoms with Crippen LogP contribution in [0.5, 0.6) is 0 Å². The van der Waals surface area contributed by atoms with Crippen LogP contribution in [-0.4, -0.2) is 49.3 Å². The second kappa shape index (κ2) is 64.9. The fourth-order valence-electron chi connectivity index (χ4n) is 9.92. The van der Waals surface area contributed by atoms with Crippen LogP contribution in [0.25, 0.3) is 0 Å². The Bertz CT molecular complexity index is 1480. The SMILES string of the molecule is CC/C=C\C/C=C\C/C=C\C/C=C\CCCCCCCCCCCCCCCCCCCCCCC(=O)OC(COC(=O)CCCCCCCCCCCCCCC/C=C\CCCCCCCCCC)COP(=O)(O)OCCN. The van der Waals surface area contributed by atoms with Gasteiger partial charge in [-0.3, -0.25) is 18.6 Å². The lowest BCUT2D eigenvalue weighted by atomic mass is 10.0. The third kappa shape index (κ3) is 64.7. The van der Waals surface area contributed by atoms with E-state index in [-0.39, 0.29) is 38.6 Å². The highest BCUT2D eigenvalue weighted by molar-refractivity contribution is 7.47. The molecule has 9 nitrogen and oxygen atoms in total. The predicted molar refractivity (Wildman–Crippen MR) is 340 cm³/mol. The predicted octanol–water partition coefficient (Wildman–Crippen LogP) is 21.9. The maximum Gasteiger partial charge on any atom is 0.472 e. The van der Waals surface area contributed by atoms with Gasteiger partial charge in [-0.25, -0.2) is 4.57 Å². The quantitative estimate of drug-likeness (QED) is 0.0264. The largest absolute Gasteiger partial charge is 0.472 e. The minimum Gasteiger partial charge on any atom is -0.462 e. The zero-order chi connectivity index (χ0) is 57.3. The molecule has 10 heteroatoms. The Kier molecular flexibility index (Phi) is 63.0. The lowest BCUT2D eigenvalue weighted by Crippen LogP contribution is -2.29. The third-order valence-corrected chi connectivity index (χ3v) is 15.9. The van der Waals surface area contributed by atoms with Crippen LogP contribution in [0.3, 0.4) is 0 Å². The zero-order valence-corrected chi connectivity index (χ0v) is 52.8. The lowest BCUT2D eigenvalue weighted by Gasteiger charge is -2.19. The van der Waals surface area contributed by atoms with E-state index in [1.165, 1.54) is 244 Å². The van der Waals surface area contributed by atoms with E-state index in [4.69, 9.17) is 24.3 Å². The first kappa shape index (κ1) is 76.7. The van der Waals surface area contributed by atoms with Crippen molar-refractivity contribution in [3.8, 4) is 0 Å². The molecule has 0 amide bonds. The highest BCUT2D eigenvalue weighted by Gasteiger charge is 2.26. The van der Waals surface area contributed by atoms with Crippen molar-refractivity contribution >= 4 is 19.8 Å². The third-order valence-electron chi connectivity index (χ3n) is 14.9. The van der Waals surface area contributed by atoms with Crippen LogP contribution in [-0.2, 0) is 32.7 Å². The van der Waals surface area contributed by atoms with Crippen molar-refractivity contribution in [3.63, 3.8) is 0 Å². The summed E-state index contributed by atoms with van der Waals surface area (Å²) in [5.74, 6) is -0.811. The van der Waals surface area contributed by atoms with Crippen LogP contribution < -0.4 is 5.73 Å². The van der Waals surface area contributed by atoms with Gasteiger partial charge in [-0.2, -0.15) is 0 Å². The molecule has 0 aliphatic heterocycles. The smallest absolute Gasteiger partial charge is 0.462 e. The number of carbonyl (C=O) groups excluding carboxylic acids is 2. The average molecular weight is 1130 g/mol. The topological polar surface area (TPSA) is 134 Å². The van der Waals surface area contributed by atoms with Crippen molar-refractivity contribution < 1.29 is 37.6 Å². The Morgan fingerprint density at radius 3 is 1.05 bits per heavy atom. The number of nitrogens with two attached hydrogens (primary N) is 1. The summed E-state index contributed by atoms with van der Waals surface area (Å²) in [7, 11) is -4.39. The maximum absolute atomic E-state index is 12.8. The highest BCUT2D eigenvalue weighted by atomic mass is 31.2. The van der Waals surface area contributed by atoms with Gasteiger partial charge in [0.15, 0.2) is 6.10 Å². The highest BCUT2D eigenvalue weighted by Crippen LogP contribution is 2.43. The molecule has 0 heterocycles. The molecule has 0 aromatic carbocycles. The van der Waals surface area contributed by atoms with Gasteiger partial charge in [0.2, 0.25) is 0 Å². The first-order chi connectivity index (χ1) is 38.8. The van der Waals surface area contributed by atoms with Crippen LogP contribution in [0.1, 0.15) is 335 Å². The molecule has 0 radical (unpaired) electrons. The van der Waals surface area contributed by atoms with Crippen LogP contribution in [0.4, 0.5) is 0 Å². The molecule has 462 valence electrons. The Morgan fingerprint density at radius 1 is 0.392 bits per heavy atom. The van der Waals surface area contributed by atoms with E-state index in [0.29, 0.717) is 6.42 Å². The molecule has 0 spiro atoms. The van der Waals surface area contributed by atoms with E-state index >= 15 is 0 Å². The summed E-state index contributed by atoms with van der Waals surface area (Å²) in [5, 5.41) is 0. The van der Waals surface area contributed by atoms with Crippen molar-refractivity contribution in [2.45, 2.75) is 341 Å². The second-order valence-corrected chi connectivity index (χ2v) is 24.1. The number of hydrogen-bond acceptors (Lipinski definition) is 8. The summed E-state index contributed by atoms with van der Waals surface area (Å²) < 4.78 is 33.2. The van der Waals surface area contributed by atoms with Crippen molar-refractivity contribution in [1.29, 1.82) is 0 Å². The number of phosphoric acid groups is 1. The van der Waals surface area contributed by atoms with E-state index in [2.05, 4.69) is 74.6 Å². The molecule has 3 N–H and O–H groups in total. The summed E-state index contributed by atoms with van der Waals surface area (Å²) >= 11 is 0. The van der Waals surface area contributed by atoms with Crippen molar-refractivity contribution in [2.24, 2.45) is 5.73 Å². The standard InChI is InChI=1S/C69H128NO8P/c1-3-5-7-9-11-13-15-17-19-21-23-25-27-29-30-31-32-33-34-35-36-38-40-42-44-46-48-50-52-54-56-58-60-62-69(72)78-67(66-77-79(73,74)76-64-63-70)65-75-68(71)61-59-57-55-53-51-49-47-45-43-41-39-37-28-26-24-22-20-18-16-14-12-10-8-6-4-2/h5,7,11,13,17,19,22-25,67H,3-4,6,8-10,12,14-16,18,20-21,26-66,70H2,1-2H3,(H,73,74)/b7-5-,13-11-,19-17-,24-22-,25-23-. The molecular weight excluding hydrogens is 1000 g/mol. The van der Waals surface area contributed by atoms with Crippen molar-refractivity contribution in [1.82, 2.24) is 0 Å². The van der Waals surface area contributed by atoms with Crippen LogP contribution >= 0.6 is 7.82 Å². The fourth-order valence-corrected chi connectivity index (χ4v) is 10.7. The molecule has 0 rings (SSSR count). The molecule has 79 heavy (non-hydrogen) atoms. The minimum absolute atomic E-state index is 0.0544. The summed E-state index contributed by atoms with van der Waals surface area (Å²) in [6.45, 7) is 3.69. The Labute approximate surface area is 489 Å². The van der Waals surface area contributed by atoms with Crippen LogP contribution in [0.15, 0.2) is 60.8 Å². The number of unbranched alkanes of at least 4 members (excludes halogenated alkanes) is 41. The molecule has 0 fully saturated rings. The lowest BCUT2D eigenvalue weighted by molar-refractivity contribution is -0.161. The molecule has 0 saturated carbocycles. The molecule has 0 saturated heterocycles. The molecule has 0 aliphatic carbocycles.